The van der Waals surface area contributed by atoms with Crippen LogP contribution in [0.5, 0.6) is 0 Å². The van der Waals surface area contributed by atoms with Crippen LogP contribution in [0.4, 0.5) is 0 Å². The molecule has 0 heterocycles. The first kappa shape index (κ1) is 40.5. The molecule has 0 aromatic heterocycles. The van der Waals surface area contributed by atoms with Crippen LogP contribution in [-0.4, -0.2) is 0 Å². The first-order valence-electron chi connectivity index (χ1n) is 20.8. The lowest BCUT2D eigenvalue weighted by Crippen LogP contribution is -1.87. The van der Waals surface area contributed by atoms with Crippen LogP contribution in [0.25, 0.3) is 12.2 Å². The summed E-state index contributed by atoms with van der Waals surface area (Å²) in [6.45, 7) is 4.57. The fraction of sp³-hybridized carbons (Fsp3) is 0.423. The van der Waals surface area contributed by atoms with Crippen molar-refractivity contribution in [2.45, 2.75) is 142 Å². The van der Waals surface area contributed by atoms with Gasteiger partial charge in [-0.2, -0.15) is 0 Å². The molecule has 272 valence electrons. The molecule has 4 aromatic rings. The van der Waals surface area contributed by atoms with E-state index in [-0.39, 0.29) is 0 Å². The van der Waals surface area contributed by atoms with Crippen LogP contribution in [-0.2, 0) is 12.8 Å². The van der Waals surface area contributed by atoms with Gasteiger partial charge >= 0.3 is 0 Å². The van der Waals surface area contributed by atoms with Gasteiger partial charge in [-0.25, -0.2) is 0 Å². The van der Waals surface area contributed by atoms with Gasteiger partial charge in [-0.15, -0.1) is 0 Å². The summed E-state index contributed by atoms with van der Waals surface area (Å²) in [5.74, 6) is 13.3. The zero-order chi connectivity index (χ0) is 36.3. The van der Waals surface area contributed by atoms with Crippen molar-refractivity contribution in [2.24, 2.45) is 0 Å². The summed E-state index contributed by atoms with van der Waals surface area (Å²) in [6.07, 6.45) is 31.4. The number of unbranched alkanes of at least 4 members (excludes halogenated alkanes) is 16. The molecule has 0 radical (unpaired) electrons. The van der Waals surface area contributed by atoms with Gasteiger partial charge in [-0.3, -0.25) is 0 Å². The van der Waals surface area contributed by atoms with Crippen molar-refractivity contribution in [1.82, 2.24) is 0 Å². The highest BCUT2D eigenvalue weighted by Gasteiger charge is 1.98. The molecule has 0 bridgehead atoms. The molecular weight excluding hydrogens is 625 g/mol. The zero-order valence-electron chi connectivity index (χ0n) is 32.5. The molecule has 0 heteroatoms. The van der Waals surface area contributed by atoms with Crippen LogP contribution in [0, 0.1) is 23.7 Å². The summed E-state index contributed by atoms with van der Waals surface area (Å²) in [6, 6.07) is 34.6. The number of rotatable bonds is 22. The molecular formula is C52H64. The number of hydrogen-bond acceptors (Lipinski definition) is 0. The van der Waals surface area contributed by atoms with Crippen LogP contribution in [0.3, 0.4) is 0 Å². The average Bonchev–Trinajstić information content (AvgIpc) is 3.19. The van der Waals surface area contributed by atoms with E-state index in [4.69, 9.17) is 0 Å². The minimum absolute atomic E-state index is 1.03. The van der Waals surface area contributed by atoms with Gasteiger partial charge in [0.1, 0.15) is 0 Å². The van der Waals surface area contributed by atoms with Crippen molar-refractivity contribution in [1.29, 1.82) is 0 Å². The molecule has 0 N–H and O–H groups in total. The third kappa shape index (κ3) is 17.3. The maximum absolute atomic E-state index is 3.34. The van der Waals surface area contributed by atoms with E-state index in [2.05, 4.69) is 147 Å². The SMILES string of the molecule is CCCCCCCCCCCc1ccc(C#Cc2ccc(C=Cc3ccc(C#Cc4ccc(CCCCCCCCCCC)cc4)cc3)cc2)cc1. The molecule has 0 nitrogen and oxygen atoms in total. The molecule has 0 aliphatic rings. The van der Waals surface area contributed by atoms with E-state index in [9.17, 15) is 0 Å². The lowest BCUT2D eigenvalue weighted by Gasteiger charge is -2.03. The molecule has 4 aromatic carbocycles. The Bertz CT molecular complexity index is 1530. The fourth-order valence-electron chi connectivity index (χ4n) is 6.63. The molecule has 0 aliphatic carbocycles. The molecule has 0 spiro atoms. The average molecular weight is 689 g/mol. The van der Waals surface area contributed by atoms with Gasteiger partial charge in [-0.1, -0.05) is 201 Å². The summed E-state index contributed by atoms with van der Waals surface area (Å²) in [5, 5.41) is 0. The minimum Gasteiger partial charge on any atom is -0.0654 e. The van der Waals surface area contributed by atoms with E-state index in [1.54, 1.807) is 0 Å². The molecule has 0 amide bonds. The predicted octanol–water partition coefficient (Wildman–Crippen LogP) is 14.8. The summed E-state index contributed by atoms with van der Waals surface area (Å²) in [4.78, 5) is 0. The van der Waals surface area contributed by atoms with Crippen LogP contribution >= 0.6 is 0 Å². The zero-order valence-corrected chi connectivity index (χ0v) is 32.5. The largest absolute Gasteiger partial charge is 0.0654 e. The van der Waals surface area contributed by atoms with Gasteiger partial charge in [0, 0.05) is 22.3 Å². The van der Waals surface area contributed by atoms with E-state index in [0.717, 1.165) is 33.4 Å². The summed E-state index contributed by atoms with van der Waals surface area (Å²) < 4.78 is 0. The van der Waals surface area contributed by atoms with Crippen molar-refractivity contribution in [3.8, 4) is 23.7 Å². The van der Waals surface area contributed by atoms with Gasteiger partial charge in [-0.05, 0) is 96.5 Å². The van der Waals surface area contributed by atoms with Gasteiger partial charge in [0.2, 0.25) is 0 Å². The molecule has 0 saturated carbocycles. The predicted molar refractivity (Wildman–Crippen MR) is 229 cm³/mol. The Morgan fingerprint density at radius 3 is 0.846 bits per heavy atom. The summed E-state index contributed by atoms with van der Waals surface area (Å²) >= 11 is 0. The quantitative estimate of drug-likeness (QED) is 0.0438. The monoisotopic (exact) mass is 689 g/mol. The smallest absolute Gasteiger partial charge is 0.0249 e. The van der Waals surface area contributed by atoms with Crippen LogP contribution in [0.2, 0.25) is 0 Å². The molecule has 52 heavy (non-hydrogen) atoms. The van der Waals surface area contributed by atoms with Crippen molar-refractivity contribution >= 4 is 12.2 Å². The molecule has 0 unspecified atom stereocenters. The Hall–Kier alpha value is -4.26. The normalized spacial score (nSPS) is 10.9. The first-order chi connectivity index (χ1) is 25.7. The summed E-state index contributed by atoms with van der Waals surface area (Å²) in [5.41, 5.74) is 9.39. The fourth-order valence-corrected chi connectivity index (χ4v) is 6.63. The van der Waals surface area contributed by atoms with Crippen molar-refractivity contribution in [3.63, 3.8) is 0 Å². The first-order valence-corrected chi connectivity index (χ1v) is 20.8. The molecule has 4 rings (SSSR count). The number of aryl methyl sites for hydroxylation is 2. The van der Waals surface area contributed by atoms with Gasteiger partial charge in [0.15, 0.2) is 0 Å². The maximum Gasteiger partial charge on any atom is 0.0249 e. The van der Waals surface area contributed by atoms with E-state index >= 15 is 0 Å². The molecule has 0 aliphatic heterocycles. The van der Waals surface area contributed by atoms with Gasteiger partial charge < -0.3 is 0 Å². The highest BCUT2D eigenvalue weighted by molar-refractivity contribution is 5.70. The second kappa shape index (κ2) is 25.7. The lowest BCUT2D eigenvalue weighted by molar-refractivity contribution is 0.565. The molecule has 0 saturated heterocycles. The minimum atomic E-state index is 1.03. The van der Waals surface area contributed by atoms with Crippen molar-refractivity contribution in [2.75, 3.05) is 0 Å². The Labute approximate surface area is 318 Å². The highest BCUT2D eigenvalue weighted by atomic mass is 14.0. The van der Waals surface area contributed by atoms with Crippen molar-refractivity contribution in [3.05, 3.63) is 142 Å². The number of hydrogen-bond donors (Lipinski definition) is 0. The third-order valence-corrected chi connectivity index (χ3v) is 10.0. The Kier molecular flexibility index (Phi) is 20.0. The lowest BCUT2D eigenvalue weighted by atomic mass is 10.0. The molecule has 0 atom stereocenters. The second-order valence-electron chi connectivity index (χ2n) is 14.6. The van der Waals surface area contributed by atoms with Crippen LogP contribution in [0.1, 0.15) is 174 Å². The van der Waals surface area contributed by atoms with E-state index in [1.807, 2.05) is 0 Å². The van der Waals surface area contributed by atoms with E-state index < -0.39 is 0 Å². The highest BCUT2D eigenvalue weighted by Crippen LogP contribution is 2.15. The van der Waals surface area contributed by atoms with Gasteiger partial charge in [0.25, 0.3) is 0 Å². The third-order valence-electron chi connectivity index (χ3n) is 10.0. The standard InChI is InChI=1S/C52H64/c1-3-5-7-9-11-13-15-17-19-21-45-23-27-47(28-24-45)31-33-49-35-39-51(40-36-49)43-44-52-41-37-50(38-42-52)34-32-48-29-25-46(26-30-48)22-20-18-16-14-12-10-8-6-4-2/h23-30,35-44H,3-22H2,1-2H3. The number of benzene rings is 4. The summed E-state index contributed by atoms with van der Waals surface area (Å²) in [7, 11) is 0. The van der Waals surface area contributed by atoms with Crippen molar-refractivity contribution < 1.29 is 0 Å². The molecule has 0 fully saturated rings. The Morgan fingerprint density at radius 2 is 0.558 bits per heavy atom. The Balaban J connectivity index is 1.13. The van der Waals surface area contributed by atoms with Crippen LogP contribution < -0.4 is 0 Å². The van der Waals surface area contributed by atoms with E-state index in [0.29, 0.717) is 0 Å². The Morgan fingerprint density at radius 1 is 0.308 bits per heavy atom. The second-order valence-corrected chi connectivity index (χ2v) is 14.6. The van der Waals surface area contributed by atoms with E-state index in [1.165, 1.54) is 140 Å². The maximum atomic E-state index is 3.34. The van der Waals surface area contributed by atoms with Gasteiger partial charge in [0.05, 0.1) is 0 Å². The topological polar surface area (TPSA) is 0 Å². The van der Waals surface area contributed by atoms with Crippen LogP contribution in [0.15, 0.2) is 97.1 Å².